The Balaban J connectivity index is 2.76. The standard InChI is InChI=1S/C14H20N4O4/c1-9(12(19)15-2)8-18(3)14(21)17-10-6-5-7-16-11(10)13(20)22-4/h5-7,9H,8H2,1-4H3,(H,15,19)(H,17,21). The van der Waals surface area contributed by atoms with E-state index in [4.69, 9.17) is 0 Å². The molecule has 1 unspecified atom stereocenters. The molecular weight excluding hydrogens is 288 g/mol. The molecule has 1 heterocycles. The van der Waals surface area contributed by atoms with Crippen LogP contribution in [0.25, 0.3) is 0 Å². The van der Waals surface area contributed by atoms with Gasteiger partial charge in [0, 0.05) is 26.8 Å². The second kappa shape index (κ2) is 7.96. The van der Waals surface area contributed by atoms with Gasteiger partial charge in [0.05, 0.1) is 18.7 Å². The molecule has 3 amide bonds. The number of methoxy groups -OCH3 is 1. The number of amides is 3. The van der Waals surface area contributed by atoms with E-state index in [2.05, 4.69) is 20.4 Å². The van der Waals surface area contributed by atoms with Gasteiger partial charge < -0.3 is 20.3 Å². The summed E-state index contributed by atoms with van der Waals surface area (Å²) in [5, 5.41) is 5.10. The van der Waals surface area contributed by atoms with E-state index in [-0.39, 0.29) is 29.8 Å². The molecule has 0 radical (unpaired) electrons. The van der Waals surface area contributed by atoms with Crippen LogP contribution in [-0.2, 0) is 9.53 Å². The Labute approximate surface area is 128 Å². The number of hydrogen-bond acceptors (Lipinski definition) is 5. The van der Waals surface area contributed by atoms with Crippen molar-refractivity contribution in [1.82, 2.24) is 15.2 Å². The summed E-state index contributed by atoms with van der Waals surface area (Å²) in [4.78, 5) is 40.4. The Kier molecular flexibility index (Phi) is 6.30. The van der Waals surface area contributed by atoms with Crippen LogP contribution >= 0.6 is 0 Å². The third-order valence-corrected chi connectivity index (χ3v) is 3.02. The minimum Gasteiger partial charge on any atom is -0.464 e. The number of ether oxygens (including phenoxy) is 1. The molecule has 0 bridgehead atoms. The van der Waals surface area contributed by atoms with Crippen LogP contribution in [0.1, 0.15) is 17.4 Å². The lowest BCUT2D eigenvalue weighted by molar-refractivity contribution is -0.124. The number of nitrogens with zero attached hydrogens (tertiary/aromatic N) is 2. The number of aromatic nitrogens is 1. The van der Waals surface area contributed by atoms with Crippen LogP contribution in [0.5, 0.6) is 0 Å². The predicted molar refractivity (Wildman–Crippen MR) is 80.5 cm³/mol. The van der Waals surface area contributed by atoms with Crippen LogP contribution in [0.3, 0.4) is 0 Å². The van der Waals surface area contributed by atoms with Crippen molar-refractivity contribution in [3.05, 3.63) is 24.0 Å². The van der Waals surface area contributed by atoms with Crippen molar-refractivity contribution < 1.29 is 19.1 Å². The quantitative estimate of drug-likeness (QED) is 0.780. The highest BCUT2D eigenvalue weighted by atomic mass is 16.5. The molecule has 0 fully saturated rings. The highest BCUT2D eigenvalue weighted by Crippen LogP contribution is 2.14. The Bertz CT molecular complexity index is 562. The van der Waals surface area contributed by atoms with Gasteiger partial charge in [-0.2, -0.15) is 0 Å². The summed E-state index contributed by atoms with van der Waals surface area (Å²) < 4.78 is 4.61. The Morgan fingerprint density at radius 1 is 1.41 bits per heavy atom. The molecule has 2 N–H and O–H groups in total. The van der Waals surface area contributed by atoms with Gasteiger partial charge in [0.25, 0.3) is 0 Å². The number of anilines is 1. The molecule has 1 atom stereocenters. The summed E-state index contributed by atoms with van der Waals surface area (Å²) in [6.45, 7) is 1.95. The van der Waals surface area contributed by atoms with E-state index in [1.165, 1.54) is 25.3 Å². The van der Waals surface area contributed by atoms with Gasteiger partial charge in [-0.15, -0.1) is 0 Å². The van der Waals surface area contributed by atoms with Crippen LogP contribution in [-0.4, -0.2) is 55.5 Å². The van der Waals surface area contributed by atoms with Crippen molar-refractivity contribution in [3.63, 3.8) is 0 Å². The molecule has 120 valence electrons. The van der Waals surface area contributed by atoms with E-state index in [9.17, 15) is 14.4 Å². The first-order valence-corrected chi connectivity index (χ1v) is 6.67. The fourth-order valence-corrected chi connectivity index (χ4v) is 1.80. The lowest BCUT2D eigenvalue weighted by atomic mass is 10.1. The summed E-state index contributed by atoms with van der Waals surface area (Å²) in [5.74, 6) is -1.15. The molecule has 22 heavy (non-hydrogen) atoms. The fourth-order valence-electron chi connectivity index (χ4n) is 1.80. The second-order valence-electron chi connectivity index (χ2n) is 4.72. The molecule has 0 aromatic carbocycles. The van der Waals surface area contributed by atoms with Crippen molar-refractivity contribution in [3.8, 4) is 0 Å². The van der Waals surface area contributed by atoms with Gasteiger partial charge in [-0.3, -0.25) is 4.79 Å². The maximum atomic E-state index is 12.1. The molecule has 0 saturated carbocycles. The number of esters is 1. The molecule has 0 aliphatic heterocycles. The van der Waals surface area contributed by atoms with Crippen molar-refractivity contribution in [2.45, 2.75) is 6.92 Å². The number of carbonyl (C=O) groups is 3. The SMILES string of the molecule is CNC(=O)C(C)CN(C)C(=O)Nc1cccnc1C(=O)OC. The smallest absolute Gasteiger partial charge is 0.358 e. The van der Waals surface area contributed by atoms with Gasteiger partial charge in [-0.05, 0) is 12.1 Å². The van der Waals surface area contributed by atoms with Crippen LogP contribution in [0, 0.1) is 5.92 Å². The molecular formula is C14H20N4O4. The van der Waals surface area contributed by atoms with Gasteiger partial charge in [0.15, 0.2) is 5.69 Å². The van der Waals surface area contributed by atoms with Crippen molar-refractivity contribution >= 4 is 23.6 Å². The monoisotopic (exact) mass is 308 g/mol. The van der Waals surface area contributed by atoms with E-state index in [0.717, 1.165) is 0 Å². The van der Waals surface area contributed by atoms with Gasteiger partial charge >= 0.3 is 12.0 Å². The number of carbonyl (C=O) groups excluding carboxylic acids is 3. The minimum absolute atomic E-state index is 0.0195. The summed E-state index contributed by atoms with van der Waals surface area (Å²) in [6.07, 6.45) is 1.43. The molecule has 8 heteroatoms. The normalized spacial score (nSPS) is 11.3. The van der Waals surface area contributed by atoms with Gasteiger partial charge in [-0.25, -0.2) is 14.6 Å². The zero-order valence-electron chi connectivity index (χ0n) is 13.0. The van der Waals surface area contributed by atoms with E-state index in [1.54, 1.807) is 26.1 Å². The van der Waals surface area contributed by atoms with Gasteiger partial charge in [-0.1, -0.05) is 6.92 Å². The molecule has 0 saturated heterocycles. The topological polar surface area (TPSA) is 101 Å². The molecule has 1 rings (SSSR count). The zero-order chi connectivity index (χ0) is 16.7. The van der Waals surface area contributed by atoms with Crippen LogP contribution < -0.4 is 10.6 Å². The largest absolute Gasteiger partial charge is 0.464 e. The fraction of sp³-hybridized carbons (Fsp3) is 0.429. The maximum Gasteiger partial charge on any atom is 0.358 e. The zero-order valence-corrected chi connectivity index (χ0v) is 13.0. The first-order chi connectivity index (χ1) is 10.4. The molecule has 0 aliphatic rings. The van der Waals surface area contributed by atoms with Crippen molar-refractivity contribution in [2.75, 3.05) is 33.1 Å². The lowest BCUT2D eigenvalue weighted by Crippen LogP contribution is -2.39. The number of pyridine rings is 1. The van der Waals surface area contributed by atoms with Gasteiger partial charge in [0.2, 0.25) is 5.91 Å². The van der Waals surface area contributed by atoms with E-state index >= 15 is 0 Å². The molecule has 0 aliphatic carbocycles. The predicted octanol–water partition coefficient (Wildman–Crippen LogP) is 0.714. The van der Waals surface area contributed by atoms with Crippen molar-refractivity contribution in [1.29, 1.82) is 0 Å². The number of urea groups is 1. The summed E-state index contributed by atoms with van der Waals surface area (Å²) in [6, 6.07) is 2.69. The van der Waals surface area contributed by atoms with E-state index in [0.29, 0.717) is 0 Å². The second-order valence-corrected chi connectivity index (χ2v) is 4.72. The minimum atomic E-state index is -0.641. The van der Waals surface area contributed by atoms with E-state index in [1.807, 2.05) is 0 Å². The highest BCUT2D eigenvalue weighted by Gasteiger charge is 2.20. The first-order valence-electron chi connectivity index (χ1n) is 6.67. The van der Waals surface area contributed by atoms with Crippen molar-refractivity contribution in [2.24, 2.45) is 5.92 Å². The number of hydrogen-bond donors (Lipinski definition) is 2. The highest BCUT2D eigenvalue weighted by molar-refractivity contribution is 5.99. The lowest BCUT2D eigenvalue weighted by Gasteiger charge is -2.21. The first kappa shape index (κ1) is 17.4. The summed E-state index contributed by atoms with van der Waals surface area (Å²) >= 11 is 0. The average Bonchev–Trinajstić information content (AvgIpc) is 2.53. The summed E-state index contributed by atoms with van der Waals surface area (Å²) in [7, 11) is 4.33. The molecule has 1 aromatic rings. The average molecular weight is 308 g/mol. The molecule has 0 spiro atoms. The van der Waals surface area contributed by atoms with Crippen LogP contribution in [0.4, 0.5) is 10.5 Å². The third kappa shape index (κ3) is 4.44. The Morgan fingerprint density at radius 3 is 2.68 bits per heavy atom. The number of rotatable bonds is 5. The van der Waals surface area contributed by atoms with E-state index < -0.39 is 12.0 Å². The summed E-state index contributed by atoms with van der Waals surface area (Å²) in [5.41, 5.74) is 0.268. The molecule has 1 aromatic heterocycles. The third-order valence-electron chi connectivity index (χ3n) is 3.02. The van der Waals surface area contributed by atoms with Crippen LogP contribution in [0.2, 0.25) is 0 Å². The maximum absolute atomic E-state index is 12.1. The Morgan fingerprint density at radius 2 is 2.09 bits per heavy atom. The number of nitrogens with one attached hydrogen (secondary N) is 2. The molecule has 8 nitrogen and oxygen atoms in total. The van der Waals surface area contributed by atoms with Gasteiger partial charge in [0.1, 0.15) is 0 Å². The Hall–Kier alpha value is -2.64. The van der Waals surface area contributed by atoms with Crippen LogP contribution in [0.15, 0.2) is 18.3 Å².